The molecule has 1 heterocycles. The Labute approximate surface area is 151 Å². The van der Waals surface area contributed by atoms with Gasteiger partial charge in [0.2, 0.25) is 10.0 Å². The summed E-state index contributed by atoms with van der Waals surface area (Å²) in [6.45, 7) is 1.94. The summed E-state index contributed by atoms with van der Waals surface area (Å²) in [5.74, 6) is 1.43. The highest BCUT2D eigenvalue weighted by atomic mass is 32.2. The van der Waals surface area contributed by atoms with Crippen molar-refractivity contribution >= 4 is 10.0 Å². The highest BCUT2D eigenvalue weighted by Crippen LogP contribution is 2.41. The van der Waals surface area contributed by atoms with E-state index in [1.54, 1.807) is 0 Å². The van der Waals surface area contributed by atoms with Gasteiger partial charge in [-0.15, -0.1) is 0 Å². The molecule has 0 spiro atoms. The van der Waals surface area contributed by atoms with Crippen molar-refractivity contribution in [1.82, 2.24) is 9.62 Å². The number of benzene rings is 1. The number of fused-ring (bicyclic) bond motifs is 1. The van der Waals surface area contributed by atoms with E-state index in [2.05, 4.69) is 5.32 Å². The molecule has 1 N–H and O–H groups in total. The molecule has 1 aromatic carbocycles. The van der Waals surface area contributed by atoms with E-state index < -0.39 is 21.8 Å². The normalized spacial score (nSPS) is 29.9. The SMILES string of the molecule is O=S(=O)(c1ccc(C(F)(F)F)cc1)N1C[C@H]2CC[C@H](NCC3CC3)[C@H]2C1. The fourth-order valence-corrected chi connectivity index (χ4v) is 5.81. The molecule has 0 bridgehead atoms. The van der Waals surface area contributed by atoms with Crippen LogP contribution in [0.25, 0.3) is 0 Å². The van der Waals surface area contributed by atoms with Crippen LogP contribution in [0.15, 0.2) is 29.2 Å². The first-order chi connectivity index (χ1) is 12.2. The minimum atomic E-state index is -4.46. The van der Waals surface area contributed by atoms with Crippen LogP contribution >= 0.6 is 0 Å². The van der Waals surface area contributed by atoms with Gasteiger partial charge < -0.3 is 5.32 Å². The fourth-order valence-electron chi connectivity index (χ4n) is 4.28. The largest absolute Gasteiger partial charge is 0.416 e. The Balaban J connectivity index is 1.45. The second kappa shape index (κ2) is 6.49. The van der Waals surface area contributed by atoms with Crippen LogP contribution in [-0.2, 0) is 16.2 Å². The molecule has 2 saturated carbocycles. The van der Waals surface area contributed by atoms with E-state index in [0.717, 1.165) is 49.6 Å². The van der Waals surface area contributed by atoms with Crippen molar-refractivity contribution in [1.29, 1.82) is 0 Å². The van der Waals surface area contributed by atoms with Crippen molar-refractivity contribution in [3.8, 4) is 0 Å². The number of rotatable bonds is 5. The average molecular weight is 388 g/mol. The minimum Gasteiger partial charge on any atom is -0.313 e. The maximum atomic E-state index is 12.8. The van der Waals surface area contributed by atoms with Crippen molar-refractivity contribution in [2.24, 2.45) is 17.8 Å². The molecule has 4 rings (SSSR count). The quantitative estimate of drug-likeness (QED) is 0.843. The van der Waals surface area contributed by atoms with Crippen LogP contribution in [0.1, 0.15) is 31.2 Å². The van der Waals surface area contributed by atoms with Gasteiger partial charge in [-0.3, -0.25) is 0 Å². The van der Waals surface area contributed by atoms with Gasteiger partial charge in [0.15, 0.2) is 0 Å². The monoisotopic (exact) mass is 388 g/mol. The van der Waals surface area contributed by atoms with Gasteiger partial charge in [0.25, 0.3) is 0 Å². The Morgan fingerprint density at radius 1 is 1.04 bits per heavy atom. The molecular formula is C18H23F3N2O2S. The number of nitrogens with zero attached hydrogens (tertiary/aromatic N) is 1. The predicted molar refractivity (Wildman–Crippen MR) is 90.9 cm³/mol. The Kier molecular flexibility index (Phi) is 4.56. The third kappa shape index (κ3) is 3.51. The van der Waals surface area contributed by atoms with Crippen LogP contribution in [0.4, 0.5) is 13.2 Å². The fraction of sp³-hybridized carbons (Fsp3) is 0.667. The Bertz CT molecular complexity index is 760. The molecule has 0 amide bonds. The zero-order valence-corrected chi connectivity index (χ0v) is 15.2. The molecule has 3 aliphatic rings. The number of hydrogen-bond acceptors (Lipinski definition) is 3. The number of alkyl halides is 3. The Hall–Kier alpha value is -1.12. The van der Waals surface area contributed by atoms with E-state index in [1.165, 1.54) is 17.1 Å². The molecule has 3 atom stereocenters. The third-order valence-corrected chi connectivity index (χ3v) is 7.85. The highest BCUT2D eigenvalue weighted by molar-refractivity contribution is 7.89. The van der Waals surface area contributed by atoms with E-state index in [4.69, 9.17) is 0 Å². The first-order valence-corrected chi connectivity index (χ1v) is 10.6. The molecule has 1 saturated heterocycles. The summed E-state index contributed by atoms with van der Waals surface area (Å²) in [6.07, 6.45) is 0.181. The van der Waals surface area contributed by atoms with Gasteiger partial charge in [0.1, 0.15) is 0 Å². The molecule has 0 radical (unpaired) electrons. The third-order valence-electron chi connectivity index (χ3n) is 6.01. The Morgan fingerprint density at radius 2 is 1.73 bits per heavy atom. The van der Waals surface area contributed by atoms with E-state index in [1.807, 2.05) is 0 Å². The molecule has 144 valence electrons. The van der Waals surface area contributed by atoms with Crippen LogP contribution < -0.4 is 5.32 Å². The maximum Gasteiger partial charge on any atom is 0.416 e. The van der Waals surface area contributed by atoms with Gasteiger partial charge in [0, 0.05) is 19.1 Å². The van der Waals surface area contributed by atoms with Gasteiger partial charge in [-0.2, -0.15) is 17.5 Å². The minimum absolute atomic E-state index is 0.0621. The second-order valence-electron chi connectivity index (χ2n) is 7.80. The molecular weight excluding hydrogens is 365 g/mol. The summed E-state index contributed by atoms with van der Waals surface area (Å²) in [5, 5.41) is 3.60. The van der Waals surface area contributed by atoms with Gasteiger partial charge >= 0.3 is 6.18 Å². The van der Waals surface area contributed by atoms with Crippen LogP contribution in [0.5, 0.6) is 0 Å². The predicted octanol–water partition coefficient (Wildman–Crippen LogP) is 3.10. The summed E-state index contributed by atoms with van der Waals surface area (Å²) in [4.78, 5) is -0.0621. The van der Waals surface area contributed by atoms with E-state index in [0.29, 0.717) is 31.0 Å². The molecule has 0 unspecified atom stereocenters. The van der Waals surface area contributed by atoms with Crippen LogP contribution in [0, 0.1) is 17.8 Å². The molecule has 3 fully saturated rings. The summed E-state index contributed by atoms with van der Waals surface area (Å²) in [7, 11) is -3.75. The summed E-state index contributed by atoms with van der Waals surface area (Å²) in [6, 6.07) is 4.16. The molecule has 0 aromatic heterocycles. The lowest BCUT2D eigenvalue weighted by molar-refractivity contribution is -0.137. The van der Waals surface area contributed by atoms with Crippen LogP contribution in [0.2, 0.25) is 0 Å². The zero-order valence-electron chi connectivity index (χ0n) is 14.4. The summed E-state index contributed by atoms with van der Waals surface area (Å²) < 4.78 is 65.2. The van der Waals surface area contributed by atoms with Crippen molar-refractivity contribution < 1.29 is 21.6 Å². The number of nitrogens with one attached hydrogen (secondary N) is 1. The lowest BCUT2D eigenvalue weighted by atomic mass is 9.98. The molecule has 26 heavy (non-hydrogen) atoms. The Morgan fingerprint density at radius 3 is 2.35 bits per heavy atom. The standard InChI is InChI=1S/C18H23F3N2O2S/c19-18(20,21)14-4-6-15(7-5-14)26(24,25)23-10-13-3-8-17(16(13)11-23)22-9-12-1-2-12/h4-7,12-13,16-17,22H,1-3,8-11H2/t13-,16+,17+/m1/s1. The molecule has 2 aliphatic carbocycles. The van der Waals surface area contributed by atoms with E-state index in [9.17, 15) is 21.6 Å². The van der Waals surface area contributed by atoms with Crippen molar-refractivity contribution in [2.75, 3.05) is 19.6 Å². The van der Waals surface area contributed by atoms with Gasteiger partial charge in [-0.25, -0.2) is 8.42 Å². The maximum absolute atomic E-state index is 12.8. The smallest absolute Gasteiger partial charge is 0.313 e. The van der Waals surface area contributed by atoms with Crippen LogP contribution in [0.3, 0.4) is 0 Å². The summed E-state index contributed by atoms with van der Waals surface area (Å²) >= 11 is 0. The average Bonchev–Trinajstić information content (AvgIpc) is 3.18. The lowest BCUT2D eigenvalue weighted by Crippen LogP contribution is -2.38. The van der Waals surface area contributed by atoms with Crippen molar-refractivity contribution in [3.63, 3.8) is 0 Å². The van der Waals surface area contributed by atoms with Gasteiger partial charge in [-0.1, -0.05) is 0 Å². The number of sulfonamides is 1. The van der Waals surface area contributed by atoms with Gasteiger partial charge in [0.05, 0.1) is 10.5 Å². The molecule has 1 aromatic rings. The molecule has 4 nitrogen and oxygen atoms in total. The zero-order chi connectivity index (χ0) is 18.5. The van der Waals surface area contributed by atoms with Crippen molar-refractivity contribution in [3.05, 3.63) is 29.8 Å². The van der Waals surface area contributed by atoms with E-state index >= 15 is 0 Å². The molecule has 8 heteroatoms. The topological polar surface area (TPSA) is 49.4 Å². The summed E-state index contributed by atoms with van der Waals surface area (Å²) in [5.41, 5.74) is -0.834. The second-order valence-corrected chi connectivity index (χ2v) is 9.74. The first kappa shape index (κ1) is 18.3. The van der Waals surface area contributed by atoms with Gasteiger partial charge in [-0.05, 0) is 74.2 Å². The molecule has 1 aliphatic heterocycles. The number of halogens is 3. The number of hydrogen-bond donors (Lipinski definition) is 1. The first-order valence-electron chi connectivity index (χ1n) is 9.16. The highest BCUT2D eigenvalue weighted by Gasteiger charge is 2.46. The van der Waals surface area contributed by atoms with E-state index in [-0.39, 0.29) is 4.90 Å². The van der Waals surface area contributed by atoms with Crippen molar-refractivity contribution in [2.45, 2.75) is 42.8 Å². The van der Waals surface area contributed by atoms with Crippen LogP contribution in [-0.4, -0.2) is 38.4 Å². The lowest BCUT2D eigenvalue weighted by Gasteiger charge is -2.22.